The molecule has 11 unspecified atom stereocenters. The first kappa shape index (κ1) is 17.2. The van der Waals surface area contributed by atoms with Crippen LogP contribution in [0.2, 0.25) is 0 Å². The molecule has 2 saturated heterocycles. The summed E-state index contributed by atoms with van der Waals surface area (Å²) in [6.45, 7) is 6.45. The molecule has 6 heteroatoms. The number of allylic oxidation sites excluding steroid dienone is 1. The minimum Gasteiger partial charge on any atom is -0.462 e. The number of hydrogen-bond donors (Lipinski definition) is 3. The van der Waals surface area contributed by atoms with Crippen molar-refractivity contribution in [2.45, 2.75) is 64.1 Å². The molecule has 5 aliphatic rings. The van der Waals surface area contributed by atoms with Crippen LogP contribution >= 0.6 is 0 Å². The van der Waals surface area contributed by atoms with Gasteiger partial charge in [-0.1, -0.05) is 25.5 Å². The Balaban J connectivity index is 1.73. The second-order valence-corrected chi connectivity index (χ2v) is 9.50. The molecular formula is C20H28O6. The lowest BCUT2D eigenvalue weighted by molar-refractivity contribution is -0.259. The fourth-order valence-corrected chi connectivity index (χ4v) is 7.59. The Morgan fingerprint density at radius 2 is 2.00 bits per heavy atom. The van der Waals surface area contributed by atoms with Gasteiger partial charge in [0.25, 0.3) is 0 Å². The summed E-state index contributed by atoms with van der Waals surface area (Å²) in [6, 6.07) is 0. The highest BCUT2D eigenvalue weighted by molar-refractivity contribution is 5.71. The van der Waals surface area contributed by atoms with Crippen molar-refractivity contribution in [2.24, 2.45) is 34.5 Å². The zero-order valence-electron chi connectivity index (χ0n) is 15.5. The van der Waals surface area contributed by atoms with Crippen LogP contribution in [0.4, 0.5) is 0 Å². The number of aliphatic hydroxyl groups is 3. The lowest BCUT2D eigenvalue weighted by atomic mass is 9.39. The van der Waals surface area contributed by atoms with Gasteiger partial charge in [0.15, 0.2) is 0 Å². The van der Waals surface area contributed by atoms with Crippen molar-refractivity contribution >= 4 is 5.97 Å². The van der Waals surface area contributed by atoms with E-state index in [4.69, 9.17) is 9.47 Å². The van der Waals surface area contributed by atoms with Crippen LogP contribution in [0.3, 0.4) is 0 Å². The first-order chi connectivity index (χ1) is 12.2. The van der Waals surface area contributed by atoms with Crippen LogP contribution in [0.25, 0.3) is 0 Å². The van der Waals surface area contributed by atoms with Crippen molar-refractivity contribution in [1.29, 1.82) is 0 Å². The zero-order chi connectivity index (χ0) is 18.6. The molecule has 3 N–H and O–H groups in total. The Labute approximate surface area is 153 Å². The highest BCUT2D eigenvalue weighted by atomic mass is 16.6. The van der Waals surface area contributed by atoms with E-state index in [0.29, 0.717) is 13.0 Å². The van der Waals surface area contributed by atoms with Crippen molar-refractivity contribution in [1.82, 2.24) is 0 Å². The second-order valence-electron chi connectivity index (χ2n) is 9.50. The molecule has 1 spiro atoms. The monoisotopic (exact) mass is 364 g/mol. The number of carbonyl (C=O) groups is 1. The van der Waals surface area contributed by atoms with Crippen molar-refractivity contribution in [2.75, 3.05) is 6.61 Å². The maximum absolute atomic E-state index is 12.3. The number of hydrogen-bond acceptors (Lipinski definition) is 6. The molecule has 5 rings (SSSR count). The highest BCUT2D eigenvalue weighted by Gasteiger charge is 2.77. The average molecular weight is 364 g/mol. The first-order valence-corrected chi connectivity index (χ1v) is 9.76. The van der Waals surface area contributed by atoms with Crippen molar-refractivity contribution in [3.05, 3.63) is 11.6 Å². The molecule has 3 aliphatic carbocycles. The molecule has 6 nitrogen and oxygen atoms in total. The Morgan fingerprint density at radius 1 is 1.27 bits per heavy atom. The molecule has 11 atom stereocenters. The molecule has 4 fully saturated rings. The first-order valence-electron chi connectivity index (χ1n) is 9.76. The van der Waals surface area contributed by atoms with E-state index in [1.54, 1.807) is 6.08 Å². The van der Waals surface area contributed by atoms with Crippen LogP contribution < -0.4 is 0 Å². The molecule has 2 heterocycles. The third-order valence-corrected chi connectivity index (χ3v) is 8.71. The SMILES string of the molecule is CC1=CC(O)C(O)C2(C)C1CC1OC(=O)CC3C(C)C(O)C4OCC13C42. The summed E-state index contributed by atoms with van der Waals surface area (Å²) >= 11 is 0. The van der Waals surface area contributed by atoms with E-state index in [9.17, 15) is 20.1 Å². The van der Waals surface area contributed by atoms with E-state index in [2.05, 4.69) is 0 Å². The lowest BCUT2D eigenvalue weighted by Crippen LogP contribution is -2.72. The van der Waals surface area contributed by atoms with Gasteiger partial charge in [-0.05, 0) is 31.1 Å². The number of fused-ring (bicyclic) bond motifs is 1. The third-order valence-electron chi connectivity index (χ3n) is 8.71. The van der Waals surface area contributed by atoms with E-state index in [0.717, 1.165) is 5.57 Å². The topological polar surface area (TPSA) is 96.2 Å². The summed E-state index contributed by atoms with van der Waals surface area (Å²) in [5, 5.41) is 32.5. The molecule has 2 saturated carbocycles. The maximum atomic E-state index is 12.3. The van der Waals surface area contributed by atoms with Gasteiger partial charge >= 0.3 is 5.97 Å². The normalized spacial score (nSPS) is 60.6. The van der Waals surface area contributed by atoms with Crippen molar-refractivity contribution < 1.29 is 29.6 Å². The summed E-state index contributed by atoms with van der Waals surface area (Å²) in [4.78, 5) is 12.3. The van der Waals surface area contributed by atoms with Gasteiger partial charge in [-0.3, -0.25) is 4.79 Å². The molecule has 0 aromatic heterocycles. The van der Waals surface area contributed by atoms with Crippen molar-refractivity contribution in [3.8, 4) is 0 Å². The van der Waals surface area contributed by atoms with E-state index in [1.165, 1.54) is 0 Å². The molecule has 0 amide bonds. The molecule has 26 heavy (non-hydrogen) atoms. The summed E-state index contributed by atoms with van der Waals surface area (Å²) < 4.78 is 12.0. The predicted molar refractivity (Wildman–Crippen MR) is 90.8 cm³/mol. The highest BCUT2D eigenvalue weighted by Crippen LogP contribution is 2.71. The van der Waals surface area contributed by atoms with Gasteiger partial charge in [-0.2, -0.15) is 0 Å². The molecule has 144 valence electrons. The lowest BCUT2D eigenvalue weighted by Gasteiger charge is -2.67. The van der Waals surface area contributed by atoms with Crippen LogP contribution in [0.5, 0.6) is 0 Å². The molecular weight excluding hydrogens is 336 g/mol. The largest absolute Gasteiger partial charge is 0.462 e. The summed E-state index contributed by atoms with van der Waals surface area (Å²) in [5.74, 6) is -0.454. The van der Waals surface area contributed by atoms with Gasteiger partial charge < -0.3 is 24.8 Å². The minimum atomic E-state index is -0.929. The van der Waals surface area contributed by atoms with Crippen molar-refractivity contribution in [3.63, 3.8) is 0 Å². The second kappa shape index (κ2) is 5.10. The molecule has 0 aromatic carbocycles. The summed E-state index contributed by atoms with van der Waals surface area (Å²) in [5.41, 5.74) is 0.00523. The van der Waals surface area contributed by atoms with Crippen LogP contribution in [-0.4, -0.2) is 58.4 Å². The van der Waals surface area contributed by atoms with Gasteiger partial charge in [0, 0.05) is 23.2 Å². The number of rotatable bonds is 0. The van der Waals surface area contributed by atoms with E-state index in [1.807, 2.05) is 20.8 Å². The van der Waals surface area contributed by atoms with Crippen LogP contribution in [0.1, 0.15) is 33.6 Å². The average Bonchev–Trinajstić information content (AvgIpc) is 2.95. The summed E-state index contributed by atoms with van der Waals surface area (Å²) in [6.07, 6.45) is -0.550. The Morgan fingerprint density at radius 3 is 2.73 bits per heavy atom. The third kappa shape index (κ3) is 1.71. The van der Waals surface area contributed by atoms with Gasteiger partial charge in [0.2, 0.25) is 0 Å². The number of esters is 1. The summed E-state index contributed by atoms with van der Waals surface area (Å²) in [7, 11) is 0. The Hall–Kier alpha value is -0.950. The molecule has 0 radical (unpaired) electrons. The molecule has 2 bridgehead atoms. The van der Waals surface area contributed by atoms with Gasteiger partial charge in [0.1, 0.15) is 6.10 Å². The smallest absolute Gasteiger partial charge is 0.306 e. The van der Waals surface area contributed by atoms with Gasteiger partial charge in [-0.15, -0.1) is 0 Å². The van der Waals surface area contributed by atoms with Gasteiger partial charge in [0.05, 0.1) is 31.0 Å². The minimum absolute atomic E-state index is 0.0135. The molecule has 2 aliphatic heterocycles. The predicted octanol–water partition coefficient (Wildman–Crippen LogP) is 0.638. The Bertz CT molecular complexity index is 690. The van der Waals surface area contributed by atoms with Crippen LogP contribution in [-0.2, 0) is 14.3 Å². The zero-order valence-corrected chi connectivity index (χ0v) is 15.5. The van der Waals surface area contributed by atoms with Crippen LogP contribution in [0, 0.1) is 34.5 Å². The fraction of sp³-hybridized carbons (Fsp3) is 0.850. The fourth-order valence-electron chi connectivity index (χ4n) is 7.59. The maximum Gasteiger partial charge on any atom is 0.306 e. The number of ether oxygens (including phenoxy) is 2. The quantitative estimate of drug-likeness (QED) is 0.431. The molecule has 0 aromatic rings. The Kier molecular flexibility index (Phi) is 3.37. The standard InChI is InChI=1S/C20H28O6/c1-8-4-12(21)18(24)19(3)10(8)5-13-20-7-25-16(17(19)20)15(23)9(2)11(20)6-14(22)26-13/h4,9-13,15-18,21,23-24H,5-7H2,1-3H3. The number of carbonyl (C=O) groups excluding carboxylic acids is 1. The van der Waals surface area contributed by atoms with Crippen LogP contribution in [0.15, 0.2) is 11.6 Å². The van der Waals surface area contributed by atoms with E-state index in [-0.39, 0.29) is 47.6 Å². The van der Waals surface area contributed by atoms with Gasteiger partial charge in [-0.25, -0.2) is 0 Å². The van der Waals surface area contributed by atoms with E-state index >= 15 is 0 Å². The van der Waals surface area contributed by atoms with E-state index < -0.39 is 29.8 Å². The number of aliphatic hydroxyl groups excluding tert-OH is 3.